The second kappa shape index (κ2) is 6.83. The second-order valence-corrected chi connectivity index (χ2v) is 7.78. The van der Waals surface area contributed by atoms with Gasteiger partial charge >= 0.3 is 0 Å². The molecule has 0 aliphatic carbocycles. The zero-order chi connectivity index (χ0) is 19.1. The minimum atomic E-state index is 0.767. The Morgan fingerprint density at radius 1 is 0.964 bits per heavy atom. The van der Waals surface area contributed by atoms with Crippen LogP contribution in [0.15, 0.2) is 35.8 Å². The van der Waals surface area contributed by atoms with Crippen molar-refractivity contribution in [1.29, 1.82) is 0 Å². The molecule has 0 aromatic carbocycles. The summed E-state index contributed by atoms with van der Waals surface area (Å²) < 4.78 is 1.80. The molecule has 1 fully saturated rings. The number of aryl methyl sites for hydroxylation is 2. The Labute approximate surface area is 166 Å². The van der Waals surface area contributed by atoms with Gasteiger partial charge < -0.3 is 9.80 Å². The average Bonchev–Trinajstić information content (AvgIpc) is 3.39. The SMILES string of the molecule is Cc1nc(N2CCN(c3ccc(-c4cccs4)nn3)CC2)c2cnn(C)c2n1. The van der Waals surface area contributed by atoms with Gasteiger partial charge in [0, 0.05) is 33.2 Å². The number of hydrogen-bond acceptors (Lipinski definition) is 8. The average molecular weight is 392 g/mol. The molecule has 0 bridgehead atoms. The van der Waals surface area contributed by atoms with Crippen LogP contribution in [0.1, 0.15) is 5.82 Å². The number of hydrogen-bond donors (Lipinski definition) is 0. The number of rotatable bonds is 3. The van der Waals surface area contributed by atoms with E-state index in [-0.39, 0.29) is 0 Å². The van der Waals surface area contributed by atoms with Crippen molar-refractivity contribution in [1.82, 2.24) is 29.9 Å². The summed E-state index contributed by atoms with van der Waals surface area (Å²) in [5.41, 5.74) is 1.80. The van der Waals surface area contributed by atoms with Crippen LogP contribution in [0.3, 0.4) is 0 Å². The first kappa shape index (κ1) is 17.1. The first-order chi connectivity index (χ1) is 13.7. The Bertz CT molecular complexity index is 1100. The molecule has 0 unspecified atom stereocenters. The Kier molecular flexibility index (Phi) is 4.16. The molecule has 0 N–H and O–H groups in total. The summed E-state index contributed by atoms with van der Waals surface area (Å²) in [5.74, 6) is 2.66. The van der Waals surface area contributed by atoms with Gasteiger partial charge in [0.1, 0.15) is 17.3 Å². The van der Waals surface area contributed by atoms with Crippen molar-refractivity contribution in [2.45, 2.75) is 6.92 Å². The molecule has 5 rings (SSSR count). The van der Waals surface area contributed by atoms with Crippen molar-refractivity contribution in [2.75, 3.05) is 36.0 Å². The summed E-state index contributed by atoms with van der Waals surface area (Å²) >= 11 is 1.68. The third-order valence-electron chi connectivity index (χ3n) is 5.01. The molecule has 4 aromatic heterocycles. The summed E-state index contributed by atoms with van der Waals surface area (Å²) in [4.78, 5) is 14.9. The van der Waals surface area contributed by atoms with Crippen LogP contribution in [0.25, 0.3) is 21.6 Å². The van der Waals surface area contributed by atoms with E-state index < -0.39 is 0 Å². The van der Waals surface area contributed by atoms with Gasteiger partial charge in [0.15, 0.2) is 11.5 Å². The minimum absolute atomic E-state index is 0.767. The van der Waals surface area contributed by atoms with E-state index in [0.717, 1.165) is 65.2 Å². The number of piperazine rings is 1. The van der Waals surface area contributed by atoms with Gasteiger partial charge in [0.2, 0.25) is 0 Å². The molecule has 0 radical (unpaired) electrons. The standard InChI is InChI=1S/C19H20N8S/c1-13-21-18-14(12-20-25(18)2)19(22-13)27-9-7-26(8-10-27)17-6-5-15(23-24-17)16-4-3-11-28-16/h3-6,11-12H,7-10H2,1-2H3. The molecule has 1 saturated heterocycles. The van der Waals surface area contributed by atoms with E-state index in [0.29, 0.717) is 0 Å². The molecular weight excluding hydrogens is 372 g/mol. The fourth-order valence-corrected chi connectivity index (χ4v) is 4.24. The van der Waals surface area contributed by atoms with Gasteiger partial charge in [-0.1, -0.05) is 6.07 Å². The summed E-state index contributed by atoms with van der Waals surface area (Å²) in [5, 5.41) is 16.3. The van der Waals surface area contributed by atoms with E-state index in [1.165, 1.54) is 0 Å². The van der Waals surface area contributed by atoms with Crippen LogP contribution in [-0.2, 0) is 7.05 Å². The number of nitrogens with zero attached hydrogens (tertiary/aromatic N) is 8. The molecule has 8 nitrogen and oxygen atoms in total. The van der Waals surface area contributed by atoms with E-state index in [1.54, 1.807) is 16.0 Å². The normalized spacial score (nSPS) is 14.8. The van der Waals surface area contributed by atoms with E-state index in [4.69, 9.17) is 4.98 Å². The number of aromatic nitrogens is 6. The van der Waals surface area contributed by atoms with Crippen molar-refractivity contribution in [2.24, 2.45) is 7.05 Å². The third kappa shape index (κ3) is 2.97. The largest absolute Gasteiger partial charge is 0.352 e. The zero-order valence-electron chi connectivity index (χ0n) is 15.8. The van der Waals surface area contributed by atoms with Crippen LogP contribution in [-0.4, -0.2) is 56.1 Å². The lowest BCUT2D eigenvalue weighted by Crippen LogP contribution is -2.47. The molecule has 142 valence electrons. The fraction of sp³-hybridized carbons (Fsp3) is 0.316. The lowest BCUT2D eigenvalue weighted by atomic mass is 10.2. The van der Waals surface area contributed by atoms with E-state index in [1.807, 2.05) is 32.3 Å². The zero-order valence-corrected chi connectivity index (χ0v) is 16.6. The summed E-state index contributed by atoms with van der Waals surface area (Å²) in [6.45, 7) is 5.41. The Morgan fingerprint density at radius 3 is 2.50 bits per heavy atom. The summed E-state index contributed by atoms with van der Waals surface area (Å²) in [6, 6.07) is 8.21. The van der Waals surface area contributed by atoms with Crippen molar-refractivity contribution in [3.05, 3.63) is 41.7 Å². The van der Waals surface area contributed by atoms with Gasteiger partial charge in [0.25, 0.3) is 0 Å². The first-order valence-electron chi connectivity index (χ1n) is 9.23. The highest BCUT2D eigenvalue weighted by Crippen LogP contribution is 2.26. The summed E-state index contributed by atoms with van der Waals surface area (Å²) in [6.07, 6.45) is 1.85. The number of anilines is 2. The van der Waals surface area contributed by atoms with Crippen molar-refractivity contribution >= 4 is 34.0 Å². The highest BCUT2D eigenvalue weighted by atomic mass is 32.1. The molecule has 5 heterocycles. The quantitative estimate of drug-likeness (QED) is 0.530. The highest BCUT2D eigenvalue weighted by molar-refractivity contribution is 7.13. The predicted molar refractivity (Wildman–Crippen MR) is 111 cm³/mol. The molecule has 0 atom stereocenters. The molecule has 1 aliphatic rings. The van der Waals surface area contributed by atoms with E-state index in [9.17, 15) is 0 Å². The summed E-state index contributed by atoms with van der Waals surface area (Å²) in [7, 11) is 1.91. The van der Waals surface area contributed by atoms with E-state index in [2.05, 4.69) is 47.6 Å². The Balaban J connectivity index is 1.33. The molecule has 0 saturated carbocycles. The van der Waals surface area contributed by atoms with Crippen LogP contribution < -0.4 is 9.80 Å². The highest BCUT2D eigenvalue weighted by Gasteiger charge is 2.22. The van der Waals surface area contributed by atoms with Crippen LogP contribution in [0.2, 0.25) is 0 Å². The Hall–Kier alpha value is -3.07. The topological polar surface area (TPSA) is 75.9 Å². The smallest absolute Gasteiger partial charge is 0.163 e. The molecule has 0 spiro atoms. The van der Waals surface area contributed by atoms with Crippen LogP contribution in [0.5, 0.6) is 0 Å². The maximum atomic E-state index is 4.69. The molecule has 28 heavy (non-hydrogen) atoms. The molecular formula is C19H20N8S. The van der Waals surface area contributed by atoms with Gasteiger partial charge in [-0.15, -0.1) is 21.5 Å². The lowest BCUT2D eigenvalue weighted by Gasteiger charge is -2.36. The van der Waals surface area contributed by atoms with Gasteiger partial charge in [-0.05, 0) is 30.5 Å². The Morgan fingerprint density at radius 2 is 1.79 bits per heavy atom. The maximum Gasteiger partial charge on any atom is 0.163 e. The molecule has 4 aromatic rings. The van der Waals surface area contributed by atoms with Crippen molar-refractivity contribution in [3.63, 3.8) is 0 Å². The van der Waals surface area contributed by atoms with Crippen molar-refractivity contribution in [3.8, 4) is 10.6 Å². The molecule has 1 aliphatic heterocycles. The van der Waals surface area contributed by atoms with Gasteiger partial charge in [-0.25, -0.2) is 9.97 Å². The van der Waals surface area contributed by atoms with E-state index >= 15 is 0 Å². The maximum absolute atomic E-state index is 4.69. The van der Waals surface area contributed by atoms with Crippen LogP contribution >= 0.6 is 11.3 Å². The number of fused-ring (bicyclic) bond motifs is 1. The third-order valence-corrected chi connectivity index (χ3v) is 5.90. The minimum Gasteiger partial charge on any atom is -0.352 e. The monoisotopic (exact) mass is 392 g/mol. The predicted octanol–water partition coefficient (Wildman–Crippen LogP) is 2.52. The van der Waals surface area contributed by atoms with Gasteiger partial charge in [0.05, 0.1) is 16.5 Å². The first-order valence-corrected chi connectivity index (χ1v) is 10.1. The van der Waals surface area contributed by atoms with Gasteiger partial charge in [-0.3, -0.25) is 4.68 Å². The molecule has 9 heteroatoms. The fourth-order valence-electron chi connectivity index (χ4n) is 3.55. The van der Waals surface area contributed by atoms with Crippen LogP contribution in [0, 0.1) is 6.92 Å². The second-order valence-electron chi connectivity index (χ2n) is 6.83. The number of thiophene rings is 1. The van der Waals surface area contributed by atoms with Crippen molar-refractivity contribution < 1.29 is 0 Å². The van der Waals surface area contributed by atoms with Gasteiger partial charge in [-0.2, -0.15) is 5.10 Å². The molecule has 0 amide bonds. The lowest BCUT2D eigenvalue weighted by molar-refractivity contribution is 0.639. The van der Waals surface area contributed by atoms with Crippen LogP contribution in [0.4, 0.5) is 11.6 Å².